The van der Waals surface area contributed by atoms with Crippen LogP contribution in [0.1, 0.15) is 43.5 Å². The maximum Gasteiger partial charge on any atom is 0.315 e. The number of carbonyl (C=O) groups is 1. The zero-order chi connectivity index (χ0) is 20.8. The molecule has 2 aromatic rings. The highest BCUT2D eigenvalue weighted by molar-refractivity contribution is 5.75. The Kier molecular flexibility index (Phi) is 6.69. The highest BCUT2D eigenvalue weighted by Crippen LogP contribution is 2.32. The summed E-state index contributed by atoms with van der Waals surface area (Å²) >= 11 is 0. The first-order chi connectivity index (χ1) is 14.0. The second-order valence-electron chi connectivity index (χ2n) is 6.93. The van der Waals surface area contributed by atoms with Gasteiger partial charge in [-0.05, 0) is 43.7 Å². The fourth-order valence-corrected chi connectivity index (χ4v) is 3.22. The molecule has 3 rings (SSSR count). The molecule has 2 atom stereocenters. The predicted octanol–water partition coefficient (Wildman–Crippen LogP) is 3.99. The van der Waals surface area contributed by atoms with E-state index in [1.54, 1.807) is 20.3 Å². The number of nitrogens with one attached hydrogen (secondary N) is 2. The van der Waals surface area contributed by atoms with Crippen LogP contribution < -0.4 is 29.6 Å². The first-order valence-corrected chi connectivity index (χ1v) is 9.70. The van der Waals surface area contributed by atoms with E-state index < -0.39 is 0 Å². The van der Waals surface area contributed by atoms with Gasteiger partial charge in [-0.15, -0.1) is 0 Å². The van der Waals surface area contributed by atoms with Crippen molar-refractivity contribution in [2.24, 2.45) is 0 Å². The molecule has 1 heterocycles. The van der Waals surface area contributed by atoms with Crippen LogP contribution in [0.25, 0.3) is 0 Å². The van der Waals surface area contributed by atoms with Crippen LogP contribution in [0.5, 0.6) is 23.0 Å². The molecule has 2 N–H and O–H groups in total. The molecule has 2 aromatic carbocycles. The Bertz CT molecular complexity index is 855. The summed E-state index contributed by atoms with van der Waals surface area (Å²) in [6.45, 7) is 5.11. The highest BCUT2D eigenvalue weighted by atomic mass is 16.5. The maximum absolute atomic E-state index is 12.5. The third-order valence-electron chi connectivity index (χ3n) is 4.87. The fourth-order valence-electron chi connectivity index (χ4n) is 3.22. The monoisotopic (exact) mass is 400 g/mol. The summed E-state index contributed by atoms with van der Waals surface area (Å²) in [5.74, 6) is 2.81. The second kappa shape index (κ2) is 9.41. The summed E-state index contributed by atoms with van der Waals surface area (Å²) in [4.78, 5) is 12.5. The lowest BCUT2D eigenvalue weighted by atomic mass is 10.1. The van der Waals surface area contributed by atoms with Gasteiger partial charge in [-0.25, -0.2) is 4.79 Å². The van der Waals surface area contributed by atoms with E-state index in [1.807, 2.05) is 44.2 Å². The molecule has 1 aliphatic rings. The maximum atomic E-state index is 12.5. The molecule has 2 amide bonds. The SMILES string of the molecule is COc1ccc(C(C)NC(=O)NC(C)c2ccc3c(c2)OCCCO3)c(OC)c1. The summed E-state index contributed by atoms with van der Waals surface area (Å²) in [7, 11) is 3.20. The van der Waals surface area contributed by atoms with Crippen LogP contribution in [0.15, 0.2) is 36.4 Å². The first-order valence-electron chi connectivity index (χ1n) is 9.70. The lowest BCUT2D eigenvalue weighted by Gasteiger charge is -2.21. The zero-order valence-electron chi connectivity index (χ0n) is 17.3. The third-order valence-corrected chi connectivity index (χ3v) is 4.87. The van der Waals surface area contributed by atoms with Crippen molar-refractivity contribution in [3.8, 4) is 23.0 Å². The number of ether oxygens (including phenoxy) is 4. The van der Waals surface area contributed by atoms with Crippen LogP contribution in [0, 0.1) is 0 Å². The fraction of sp³-hybridized carbons (Fsp3) is 0.409. The quantitative estimate of drug-likeness (QED) is 0.767. The molecule has 29 heavy (non-hydrogen) atoms. The lowest BCUT2D eigenvalue weighted by Crippen LogP contribution is -2.38. The molecule has 156 valence electrons. The standard InChI is InChI=1S/C22H28N2O5/c1-14(16-6-9-19-21(12-16)29-11-5-10-28-19)23-22(25)24-15(2)18-8-7-17(26-3)13-20(18)27-4/h6-9,12-15H,5,10-11H2,1-4H3,(H2,23,24,25). The van der Waals surface area contributed by atoms with Crippen molar-refractivity contribution < 1.29 is 23.7 Å². The number of amides is 2. The molecule has 0 radical (unpaired) electrons. The minimum atomic E-state index is -0.269. The molecule has 0 aliphatic carbocycles. The summed E-state index contributed by atoms with van der Waals surface area (Å²) < 4.78 is 22.0. The number of urea groups is 1. The van der Waals surface area contributed by atoms with Crippen LogP contribution in [-0.4, -0.2) is 33.5 Å². The van der Waals surface area contributed by atoms with Crippen molar-refractivity contribution in [1.82, 2.24) is 10.6 Å². The first kappa shape index (κ1) is 20.6. The van der Waals surface area contributed by atoms with E-state index in [2.05, 4.69) is 10.6 Å². The van der Waals surface area contributed by atoms with Gasteiger partial charge in [0.15, 0.2) is 11.5 Å². The second-order valence-corrected chi connectivity index (χ2v) is 6.93. The van der Waals surface area contributed by atoms with Gasteiger partial charge < -0.3 is 29.6 Å². The van der Waals surface area contributed by atoms with Gasteiger partial charge in [0.25, 0.3) is 0 Å². The Balaban J connectivity index is 1.64. The Morgan fingerprint density at radius 3 is 2.38 bits per heavy atom. The number of hydrogen-bond acceptors (Lipinski definition) is 5. The van der Waals surface area contributed by atoms with Gasteiger partial charge in [-0.2, -0.15) is 0 Å². The van der Waals surface area contributed by atoms with Crippen molar-refractivity contribution in [3.05, 3.63) is 47.5 Å². The summed E-state index contributed by atoms with van der Waals surface area (Å²) in [6.07, 6.45) is 0.854. The average molecular weight is 400 g/mol. The third kappa shape index (κ3) is 5.04. The van der Waals surface area contributed by atoms with Crippen molar-refractivity contribution in [2.45, 2.75) is 32.4 Å². The van der Waals surface area contributed by atoms with E-state index in [0.29, 0.717) is 30.5 Å². The summed E-state index contributed by atoms with van der Waals surface area (Å²) in [6, 6.07) is 10.6. The van der Waals surface area contributed by atoms with E-state index >= 15 is 0 Å². The molecule has 2 unspecified atom stereocenters. The van der Waals surface area contributed by atoms with Crippen LogP contribution >= 0.6 is 0 Å². The van der Waals surface area contributed by atoms with Gasteiger partial charge >= 0.3 is 6.03 Å². The molecular formula is C22H28N2O5. The normalized spacial score (nSPS) is 14.9. The zero-order valence-corrected chi connectivity index (χ0v) is 17.3. The number of methoxy groups -OCH3 is 2. The number of hydrogen-bond donors (Lipinski definition) is 2. The lowest BCUT2D eigenvalue weighted by molar-refractivity contribution is 0.234. The molecular weight excluding hydrogens is 372 g/mol. The summed E-state index contributed by atoms with van der Waals surface area (Å²) in [5.41, 5.74) is 1.81. The van der Waals surface area contributed by atoms with Gasteiger partial charge in [-0.1, -0.05) is 6.07 Å². The van der Waals surface area contributed by atoms with Crippen molar-refractivity contribution in [3.63, 3.8) is 0 Å². The Morgan fingerprint density at radius 2 is 1.66 bits per heavy atom. The smallest absolute Gasteiger partial charge is 0.315 e. The van der Waals surface area contributed by atoms with E-state index in [1.165, 1.54) is 0 Å². The molecule has 0 saturated carbocycles. The Labute approximate surface area is 171 Å². The molecule has 0 fully saturated rings. The topological polar surface area (TPSA) is 78.1 Å². The molecule has 0 spiro atoms. The number of fused-ring (bicyclic) bond motifs is 1. The van der Waals surface area contributed by atoms with Gasteiger partial charge in [-0.3, -0.25) is 0 Å². The Hall–Kier alpha value is -3.09. The van der Waals surface area contributed by atoms with Crippen LogP contribution in [0.3, 0.4) is 0 Å². The highest BCUT2D eigenvalue weighted by Gasteiger charge is 2.18. The van der Waals surface area contributed by atoms with E-state index in [0.717, 1.165) is 23.3 Å². The predicted molar refractivity (Wildman–Crippen MR) is 110 cm³/mol. The van der Waals surface area contributed by atoms with E-state index in [-0.39, 0.29) is 18.1 Å². The average Bonchev–Trinajstić information content (AvgIpc) is 2.97. The van der Waals surface area contributed by atoms with Gasteiger partial charge in [0.05, 0.1) is 39.5 Å². The van der Waals surface area contributed by atoms with Crippen LogP contribution in [-0.2, 0) is 0 Å². The number of rotatable bonds is 6. The number of carbonyl (C=O) groups excluding carboxylic acids is 1. The van der Waals surface area contributed by atoms with Crippen molar-refractivity contribution in [2.75, 3.05) is 27.4 Å². The summed E-state index contributed by atoms with van der Waals surface area (Å²) in [5, 5.41) is 5.92. The molecule has 0 saturated heterocycles. The van der Waals surface area contributed by atoms with Gasteiger partial charge in [0.2, 0.25) is 0 Å². The Morgan fingerprint density at radius 1 is 0.931 bits per heavy atom. The van der Waals surface area contributed by atoms with Crippen molar-refractivity contribution in [1.29, 1.82) is 0 Å². The van der Waals surface area contributed by atoms with Gasteiger partial charge in [0, 0.05) is 18.1 Å². The molecule has 1 aliphatic heterocycles. The van der Waals surface area contributed by atoms with E-state index in [4.69, 9.17) is 18.9 Å². The molecule has 0 bridgehead atoms. The van der Waals surface area contributed by atoms with Gasteiger partial charge in [0.1, 0.15) is 11.5 Å². The minimum absolute atomic E-state index is 0.197. The number of benzene rings is 2. The van der Waals surface area contributed by atoms with Crippen molar-refractivity contribution >= 4 is 6.03 Å². The van der Waals surface area contributed by atoms with E-state index in [9.17, 15) is 4.79 Å². The molecule has 0 aromatic heterocycles. The minimum Gasteiger partial charge on any atom is -0.497 e. The molecule has 7 heteroatoms. The molecule has 7 nitrogen and oxygen atoms in total. The van der Waals surface area contributed by atoms with Crippen LogP contribution in [0.4, 0.5) is 4.79 Å². The van der Waals surface area contributed by atoms with Crippen LogP contribution in [0.2, 0.25) is 0 Å². The largest absolute Gasteiger partial charge is 0.497 e.